The predicted octanol–water partition coefficient (Wildman–Crippen LogP) is 7.32. The average molecular weight is 439 g/mol. The minimum absolute atomic E-state index is 0.198. The van der Waals surface area contributed by atoms with E-state index in [9.17, 15) is 13.2 Å². The molecule has 0 atom stereocenters. The molecule has 8 heteroatoms. The summed E-state index contributed by atoms with van der Waals surface area (Å²) in [5.41, 5.74) is 0.265. The highest BCUT2D eigenvalue weighted by Crippen LogP contribution is 2.34. The molecule has 0 saturated carbocycles. The lowest BCUT2D eigenvalue weighted by Crippen LogP contribution is -2.19. The molecular weight excluding hydrogens is 425 g/mol. The highest BCUT2D eigenvalue weighted by Gasteiger charge is 2.30. The lowest BCUT2D eigenvalue weighted by atomic mass is 10.2. The van der Waals surface area contributed by atoms with Crippen molar-refractivity contribution in [2.45, 2.75) is 16.0 Å². The molecule has 3 aromatic rings. The van der Waals surface area contributed by atoms with Crippen molar-refractivity contribution in [3.8, 4) is 0 Å². The predicted molar refractivity (Wildman–Crippen MR) is 113 cm³/mol. The minimum atomic E-state index is -4.41. The number of hydrogen-bond acceptors (Lipinski definition) is 2. The zero-order chi connectivity index (χ0) is 20.1. The Bertz CT molecular complexity index is 976. The fraction of sp³-hybridized carbons (Fsp3) is 0.0500. The van der Waals surface area contributed by atoms with Crippen LogP contribution in [0.25, 0.3) is 0 Å². The van der Waals surface area contributed by atoms with Crippen LogP contribution in [0.15, 0.2) is 82.6 Å². The van der Waals surface area contributed by atoms with Gasteiger partial charge in [0, 0.05) is 20.5 Å². The number of para-hydroxylation sites is 1. The summed E-state index contributed by atoms with van der Waals surface area (Å²) in [4.78, 5) is 1.91. The summed E-state index contributed by atoms with van der Waals surface area (Å²) in [5.74, 6) is 0. The molecule has 2 N–H and O–H groups in total. The fourth-order valence-corrected chi connectivity index (χ4v) is 3.60. The molecule has 0 aliphatic rings. The van der Waals surface area contributed by atoms with E-state index in [0.29, 0.717) is 5.02 Å². The lowest BCUT2D eigenvalue weighted by molar-refractivity contribution is -0.137. The van der Waals surface area contributed by atoms with Crippen molar-refractivity contribution < 1.29 is 13.2 Å². The Labute approximate surface area is 175 Å². The van der Waals surface area contributed by atoms with Crippen LogP contribution in [0.4, 0.5) is 24.5 Å². The summed E-state index contributed by atoms with van der Waals surface area (Å²) < 4.78 is 38.5. The quantitative estimate of drug-likeness (QED) is 0.417. The molecule has 0 saturated heterocycles. The molecule has 0 spiro atoms. The molecule has 0 aliphatic carbocycles. The molecule has 0 aliphatic heterocycles. The number of nitrogens with one attached hydrogen (secondary N) is 2. The van der Waals surface area contributed by atoms with Crippen molar-refractivity contribution >= 4 is 52.1 Å². The first-order valence-corrected chi connectivity index (χ1v) is 9.69. The number of hydrogen-bond donors (Lipinski definition) is 2. The molecule has 0 fully saturated rings. The van der Waals surface area contributed by atoms with E-state index in [0.717, 1.165) is 27.6 Å². The maximum Gasteiger partial charge on any atom is 0.416 e. The molecule has 2 nitrogen and oxygen atoms in total. The Morgan fingerprint density at radius 2 is 1.61 bits per heavy atom. The third-order valence-corrected chi connectivity index (χ3v) is 5.16. The van der Waals surface area contributed by atoms with Gasteiger partial charge < -0.3 is 10.6 Å². The first-order valence-electron chi connectivity index (χ1n) is 8.09. The second kappa shape index (κ2) is 8.86. The summed E-state index contributed by atoms with van der Waals surface area (Å²) in [6, 6.07) is 19.8. The topological polar surface area (TPSA) is 24.1 Å². The zero-order valence-electron chi connectivity index (χ0n) is 14.3. The van der Waals surface area contributed by atoms with Gasteiger partial charge in [-0.15, -0.1) is 0 Å². The van der Waals surface area contributed by atoms with E-state index in [1.807, 2.05) is 36.4 Å². The van der Waals surface area contributed by atoms with E-state index in [4.69, 9.17) is 23.8 Å². The van der Waals surface area contributed by atoms with E-state index in [1.54, 1.807) is 12.1 Å². The van der Waals surface area contributed by atoms with Crippen LogP contribution in [0.5, 0.6) is 0 Å². The van der Waals surface area contributed by atoms with Gasteiger partial charge in [0.25, 0.3) is 0 Å². The van der Waals surface area contributed by atoms with Gasteiger partial charge in [0.1, 0.15) is 0 Å². The van der Waals surface area contributed by atoms with Gasteiger partial charge in [0.2, 0.25) is 0 Å². The second-order valence-corrected chi connectivity index (χ2v) is 7.67. The van der Waals surface area contributed by atoms with Crippen LogP contribution in [0.3, 0.4) is 0 Å². The molecule has 28 heavy (non-hydrogen) atoms. The second-order valence-electron chi connectivity index (χ2n) is 5.71. The molecule has 0 radical (unpaired) electrons. The average Bonchev–Trinajstić information content (AvgIpc) is 2.64. The smallest absolute Gasteiger partial charge is 0.332 e. The molecule has 0 heterocycles. The molecule has 0 aromatic heterocycles. The summed E-state index contributed by atoms with van der Waals surface area (Å²) in [6.07, 6.45) is -4.41. The Hall–Kier alpha value is -2.22. The van der Waals surface area contributed by atoms with Crippen LogP contribution in [-0.2, 0) is 6.18 Å². The van der Waals surface area contributed by atoms with Gasteiger partial charge in [0.05, 0.1) is 11.3 Å². The minimum Gasteiger partial charge on any atom is -0.332 e. The number of thiocarbonyl (C=S) groups is 1. The van der Waals surface area contributed by atoms with Gasteiger partial charge in [-0.3, -0.25) is 0 Å². The normalized spacial score (nSPS) is 11.1. The van der Waals surface area contributed by atoms with Crippen molar-refractivity contribution in [3.63, 3.8) is 0 Å². The summed E-state index contributed by atoms with van der Waals surface area (Å²) in [7, 11) is 0. The SMILES string of the molecule is FC(F)(F)c1cccc(NC(=S)Nc2ccccc2Sc2ccc(Cl)cc2)c1. The summed E-state index contributed by atoms with van der Waals surface area (Å²) >= 11 is 12.7. The third kappa shape index (κ3) is 5.64. The van der Waals surface area contributed by atoms with E-state index in [-0.39, 0.29) is 10.8 Å². The van der Waals surface area contributed by atoms with Gasteiger partial charge >= 0.3 is 6.18 Å². The fourth-order valence-electron chi connectivity index (χ4n) is 2.35. The molecule has 3 rings (SSSR count). The summed E-state index contributed by atoms with van der Waals surface area (Å²) in [6.45, 7) is 0. The number of rotatable bonds is 4. The maximum atomic E-state index is 12.8. The molecule has 3 aromatic carbocycles. The van der Waals surface area contributed by atoms with Crippen LogP contribution in [-0.4, -0.2) is 5.11 Å². The van der Waals surface area contributed by atoms with E-state index in [1.165, 1.54) is 23.9 Å². The van der Waals surface area contributed by atoms with Gasteiger partial charge in [0.15, 0.2) is 5.11 Å². The summed E-state index contributed by atoms with van der Waals surface area (Å²) in [5, 5.41) is 6.69. The molecule has 0 unspecified atom stereocenters. The first kappa shape index (κ1) is 20.5. The standard InChI is InChI=1S/C20H14ClF3N2S2/c21-14-8-10-16(11-9-14)28-18-7-2-1-6-17(18)26-19(27)25-15-5-3-4-13(12-15)20(22,23)24/h1-12H,(H2,25,26,27). The van der Waals surface area contributed by atoms with Gasteiger partial charge in [-0.1, -0.05) is 41.6 Å². The van der Waals surface area contributed by atoms with Gasteiger partial charge in [-0.25, -0.2) is 0 Å². The number of benzene rings is 3. The van der Waals surface area contributed by atoms with Crippen LogP contribution < -0.4 is 10.6 Å². The first-order chi connectivity index (χ1) is 13.3. The largest absolute Gasteiger partial charge is 0.416 e. The van der Waals surface area contributed by atoms with Crippen molar-refractivity contribution in [1.82, 2.24) is 0 Å². The zero-order valence-corrected chi connectivity index (χ0v) is 16.6. The van der Waals surface area contributed by atoms with E-state index in [2.05, 4.69) is 10.6 Å². The highest BCUT2D eigenvalue weighted by molar-refractivity contribution is 7.99. The number of alkyl halides is 3. The van der Waals surface area contributed by atoms with Gasteiger partial charge in [-0.2, -0.15) is 13.2 Å². The Morgan fingerprint density at radius 1 is 0.893 bits per heavy atom. The van der Waals surface area contributed by atoms with Crippen LogP contribution in [0.1, 0.15) is 5.56 Å². The molecule has 144 valence electrons. The van der Waals surface area contributed by atoms with Crippen molar-refractivity contribution in [1.29, 1.82) is 0 Å². The Kier molecular flexibility index (Phi) is 6.49. The molecular formula is C20H14ClF3N2S2. The van der Waals surface area contributed by atoms with Gasteiger partial charge in [-0.05, 0) is 66.8 Å². The highest BCUT2D eigenvalue weighted by atomic mass is 35.5. The van der Waals surface area contributed by atoms with Crippen LogP contribution >= 0.6 is 35.6 Å². The monoisotopic (exact) mass is 438 g/mol. The van der Waals surface area contributed by atoms with E-state index < -0.39 is 11.7 Å². The lowest BCUT2D eigenvalue weighted by Gasteiger charge is -2.15. The van der Waals surface area contributed by atoms with Crippen LogP contribution in [0, 0.1) is 0 Å². The Morgan fingerprint density at radius 3 is 2.32 bits per heavy atom. The van der Waals surface area contributed by atoms with Crippen molar-refractivity contribution in [2.24, 2.45) is 0 Å². The number of anilines is 2. The van der Waals surface area contributed by atoms with E-state index >= 15 is 0 Å². The third-order valence-electron chi connectivity index (χ3n) is 3.62. The van der Waals surface area contributed by atoms with Crippen molar-refractivity contribution in [2.75, 3.05) is 10.6 Å². The molecule has 0 amide bonds. The Balaban J connectivity index is 1.72. The van der Waals surface area contributed by atoms with Crippen LogP contribution in [0.2, 0.25) is 5.02 Å². The molecule has 0 bridgehead atoms. The van der Waals surface area contributed by atoms with Crippen molar-refractivity contribution in [3.05, 3.63) is 83.4 Å². The maximum absolute atomic E-state index is 12.8. The number of halogens is 4.